The van der Waals surface area contributed by atoms with Gasteiger partial charge in [-0.15, -0.1) is 0 Å². The molecule has 0 aliphatic carbocycles. The highest BCUT2D eigenvalue weighted by Crippen LogP contribution is 2.32. The summed E-state index contributed by atoms with van der Waals surface area (Å²) < 4.78 is 10.8. The molecule has 0 radical (unpaired) electrons. The van der Waals surface area contributed by atoms with Gasteiger partial charge in [0.25, 0.3) is 0 Å². The fraction of sp³-hybridized carbons (Fsp3) is 0.619. The van der Waals surface area contributed by atoms with E-state index in [1.165, 1.54) is 5.56 Å². The summed E-state index contributed by atoms with van der Waals surface area (Å²) >= 11 is 5.52. The Morgan fingerprint density at radius 1 is 1.21 bits per heavy atom. The lowest BCUT2D eigenvalue weighted by atomic mass is 9.93. The maximum Gasteiger partial charge on any atom is 0.242 e. The molecule has 0 unspecified atom stereocenters. The Balaban J connectivity index is 1.27. The molecular weight excluding hydrogens is 388 g/mol. The van der Waals surface area contributed by atoms with Crippen LogP contribution in [-0.4, -0.2) is 76.8 Å². The standard InChI is InChI=1S/C21H30N4O3S/c1-15-11-21(2,3)22-20(29)25(15)13-19(26)24-8-6-23(7-9-24)12-16-4-5-17-18(10-16)28-14-27-17/h4-5,10,15H,6-9,11-14H2,1-3H3,(H,22,29)/t15-/m0/s1. The van der Waals surface area contributed by atoms with Crippen molar-refractivity contribution < 1.29 is 14.3 Å². The smallest absolute Gasteiger partial charge is 0.242 e. The van der Waals surface area contributed by atoms with Gasteiger partial charge in [-0.05, 0) is 57.1 Å². The number of amides is 1. The Morgan fingerprint density at radius 2 is 1.93 bits per heavy atom. The van der Waals surface area contributed by atoms with Gasteiger partial charge in [-0.2, -0.15) is 0 Å². The second-order valence-corrected chi connectivity index (χ2v) is 9.23. The molecule has 0 aromatic heterocycles. The van der Waals surface area contributed by atoms with E-state index in [0.717, 1.165) is 50.6 Å². The quantitative estimate of drug-likeness (QED) is 0.749. The molecule has 2 fully saturated rings. The van der Waals surface area contributed by atoms with Crippen molar-refractivity contribution in [1.82, 2.24) is 20.0 Å². The molecule has 1 aromatic rings. The van der Waals surface area contributed by atoms with E-state index < -0.39 is 0 Å². The summed E-state index contributed by atoms with van der Waals surface area (Å²) in [5.74, 6) is 1.79. The Labute approximate surface area is 177 Å². The zero-order valence-corrected chi connectivity index (χ0v) is 18.3. The largest absolute Gasteiger partial charge is 0.454 e. The molecule has 1 amide bonds. The third kappa shape index (κ3) is 4.59. The number of nitrogens with one attached hydrogen (secondary N) is 1. The van der Waals surface area contributed by atoms with Crippen LogP contribution in [0.3, 0.4) is 0 Å². The molecule has 8 heteroatoms. The number of carbonyl (C=O) groups excluding carboxylic acids is 1. The first-order chi connectivity index (χ1) is 13.8. The Bertz CT molecular complexity index is 792. The molecule has 7 nitrogen and oxygen atoms in total. The first-order valence-corrected chi connectivity index (χ1v) is 10.7. The van der Waals surface area contributed by atoms with Gasteiger partial charge < -0.3 is 24.6 Å². The van der Waals surface area contributed by atoms with E-state index in [1.807, 2.05) is 21.9 Å². The summed E-state index contributed by atoms with van der Waals surface area (Å²) in [4.78, 5) is 19.2. The Hall–Kier alpha value is -2.06. The number of thiocarbonyl (C=S) groups is 1. The monoisotopic (exact) mass is 418 g/mol. The number of ether oxygens (including phenoxy) is 2. The summed E-state index contributed by atoms with van der Waals surface area (Å²) in [6.45, 7) is 11.2. The zero-order chi connectivity index (χ0) is 20.6. The maximum absolute atomic E-state index is 12.9. The van der Waals surface area contributed by atoms with Gasteiger partial charge in [0.15, 0.2) is 16.6 Å². The molecule has 2 saturated heterocycles. The van der Waals surface area contributed by atoms with Gasteiger partial charge >= 0.3 is 0 Å². The first-order valence-electron chi connectivity index (χ1n) is 10.3. The molecule has 1 N–H and O–H groups in total. The van der Waals surface area contributed by atoms with Gasteiger partial charge in [0.05, 0.1) is 6.54 Å². The van der Waals surface area contributed by atoms with Crippen LogP contribution >= 0.6 is 12.2 Å². The second-order valence-electron chi connectivity index (χ2n) is 8.84. The van der Waals surface area contributed by atoms with Gasteiger partial charge in [0.1, 0.15) is 0 Å². The van der Waals surface area contributed by atoms with Crippen LogP contribution in [0.4, 0.5) is 0 Å². The summed E-state index contributed by atoms with van der Waals surface area (Å²) in [5.41, 5.74) is 1.19. The molecule has 3 aliphatic heterocycles. The average molecular weight is 419 g/mol. The van der Waals surface area contributed by atoms with Crippen LogP contribution in [-0.2, 0) is 11.3 Å². The van der Waals surface area contributed by atoms with Crippen molar-refractivity contribution in [3.8, 4) is 11.5 Å². The lowest BCUT2D eigenvalue weighted by Crippen LogP contribution is -2.62. The number of benzene rings is 1. The van der Waals surface area contributed by atoms with E-state index in [-0.39, 0.29) is 17.5 Å². The molecule has 158 valence electrons. The number of hydrogen-bond acceptors (Lipinski definition) is 5. The van der Waals surface area contributed by atoms with Gasteiger partial charge in [-0.3, -0.25) is 9.69 Å². The van der Waals surface area contributed by atoms with Gasteiger partial charge in [-0.25, -0.2) is 0 Å². The van der Waals surface area contributed by atoms with Crippen LogP contribution in [0, 0.1) is 0 Å². The minimum Gasteiger partial charge on any atom is -0.454 e. The van der Waals surface area contributed by atoms with Gasteiger partial charge in [0, 0.05) is 44.3 Å². The van der Waals surface area contributed by atoms with Crippen molar-refractivity contribution >= 4 is 23.2 Å². The number of rotatable bonds is 4. The second kappa shape index (κ2) is 7.99. The highest BCUT2D eigenvalue weighted by Gasteiger charge is 2.35. The molecule has 1 aromatic carbocycles. The minimum absolute atomic E-state index is 0.0175. The summed E-state index contributed by atoms with van der Waals surface area (Å²) in [7, 11) is 0. The lowest BCUT2D eigenvalue weighted by Gasteiger charge is -2.45. The Kier molecular flexibility index (Phi) is 5.57. The number of hydrogen-bond donors (Lipinski definition) is 1. The summed E-state index contributed by atoms with van der Waals surface area (Å²) in [6.07, 6.45) is 0.962. The molecule has 0 spiro atoms. The van der Waals surface area contributed by atoms with Crippen LogP contribution in [0.5, 0.6) is 11.5 Å². The van der Waals surface area contributed by atoms with Crippen LogP contribution in [0.1, 0.15) is 32.8 Å². The van der Waals surface area contributed by atoms with E-state index in [1.54, 1.807) is 0 Å². The fourth-order valence-corrected chi connectivity index (χ4v) is 4.91. The molecule has 1 atom stereocenters. The predicted molar refractivity (Wildman–Crippen MR) is 115 cm³/mol. The van der Waals surface area contributed by atoms with Crippen molar-refractivity contribution in [1.29, 1.82) is 0 Å². The van der Waals surface area contributed by atoms with Crippen molar-refractivity contribution in [3.63, 3.8) is 0 Å². The third-order valence-electron chi connectivity index (χ3n) is 5.92. The predicted octanol–water partition coefficient (Wildman–Crippen LogP) is 1.81. The fourth-order valence-electron chi connectivity index (χ4n) is 4.39. The minimum atomic E-state index is -0.0175. The lowest BCUT2D eigenvalue weighted by molar-refractivity contribution is -0.134. The number of nitrogens with zero attached hydrogens (tertiary/aromatic N) is 3. The third-order valence-corrected chi connectivity index (χ3v) is 6.25. The van der Waals surface area contributed by atoms with E-state index in [0.29, 0.717) is 18.5 Å². The van der Waals surface area contributed by atoms with Crippen LogP contribution in [0.25, 0.3) is 0 Å². The van der Waals surface area contributed by atoms with Crippen LogP contribution in [0.15, 0.2) is 18.2 Å². The van der Waals surface area contributed by atoms with Crippen LogP contribution < -0.4 is 14.8 Å². The van der Waals surface area contributed by atoms with Gasteiger partial charge in [0.2, 0.25) is 12.7 Å². The summed E-state index contributed by atoms with van der Waals surface area (Å²) in [6, 6.07) is 6.36. The van der Waals surface area contributed by atoms with Crippen molar-refractivity contribution in [2.75, 3.05) is 39.5 Å². The van der Waals surface area contributed by atoms with Crippen LogP contribution in [0.2, 0.25) is 0 Å². The highest BCUT2D eigenvalue weighted by atomic mass is 32.1. The molecule has 0 saturated carbocycles. The van der Waals surface area contributed by atoms with E-state index >= 15 is 0 Å². The normalized spacial score (nSPS) is 23.8. The topological polar surface area (TPSA) is 57.3 Å². The molecule has 3 aliphatic rings. The van der Waals surface area contributed by atoms with Crippen molar-refractivity contribution in [2.45, 2.75) is 45.3 Å². The maximum atomic E-state index is 12.9. The average Bonchev–Trinajstić information content (AvgIpc) is 3.12. The number of fused-ring (bicyclic) bond motifs is 1. The number of carbonyl (C=O) groups is 1. The molecule has 0 bridgehead atoms. The number of piperazine rings is 1. The molecule has 29 heavy (non-hydrogen) atoms. The molecule has 3 heterocycles. The highest BCUT2D eigenvalue weighted by molar-refractivity contribution is 7.80. The van der Waals surface area contributed by atoms with Gasteiger partial charge in [-0.1, -0.05) is 6.07 Å². The molecule has 4 rings (SSSR count). The van der Waals surface area contributed by atoms with E-state index in [4.69, 9.17) is 21.7 Å². The zero-order valence-electron chi connectivity index (χ0n) is 17.4. The Morgan fingerprint density at radius 3 is 2.66 bits per heavy atom. The van der Waals surface area contributed by atoms with Crippen molar-refractivity contribution in [2.24, 2.45) is 0 Å². The SMILES string of the molecule is C[C@H]1CC(C)(C)NC(=S)N1CC(=O)N1CCN(Cc2ccc3c(c2)OCO3)CC1. The first kappa shape index (κ1) is 20.2. The van der Waals surface area contributed by atoms with Crippen molar-refractivity contribution in [3.05, 3.63) is 23.8 Å². The molecular formula is C21H30N4O3S. The van der Waals surface area contributed by atoms with E-state index in [2.05, 4.69) is 37.1 Å². The van der Waals surface area contributed by atoms with E-state index in [9.17, 15) is 4.79 Å². The summed E-state index contributed by atoms with van der Waals surface area (Å²) in [5, 5.41) is 4.04.